The van der Waals surface area contributed by atoms with Gasteiger partial charge in [0.2, 0.25) is 6.29 Å². The van der Waals surface area contributed by atoms with Crippen molar-refractivity contribution in [3.8, 4) is 0 Å². The van der Waals surface area contributed by atoms with E-state index in [-0.39, 0.29) is 63.2 Å². The summed E-state index contributed by atoms with van der Waals surface area (Å²) in [5.74, 6) is -6.90. The minimum atomic E-state index is -2.35. The first-order valence-corrected chi connectivity index (χ1v) is 46.9. The molecule has 0 aromatic heterocycles. The van der Waals surface area contributed by atoms with Gasteiger partial charge in [0.15, 0.2) is 62.3 Å². The van der Waals surface area contributed by atoms with Crippen LogP contribution in [0.4, 0.5) is 0 Å². The molecule has 8 saturated heterocycles. The highest BCUT2D eigenvalue weighted by molar-refractivity contribution is 5.80. The summed E-state index contributed by atoms with van der Waals surface area (Å²) in [6, 6.07) is 0. The highest BCUT2D eigenvalue weighted by Crippen LogP contribution is 2.76. The normalized spacial score (nSPS) is 49.7. The zero-order chi connectivity index (χ0) is 99.1. The molecule has 135 heavy (non-hydrogen) atoms. The molecule has 23 N–H and O–H groups in total. The predicted molar refractivity (Wildman–Crippen MR) is 444 cm³/mol. The van der Waals surface area contributed by atoms with Crippen LogP contribution in [0.3, 0.4) is 0 Å². The number of hydrogen-bond acceptors (Lipinski definition) is 45. The fourth-order valence-electron chi connectivity index (χ4n) is 23.6. The molecule has 0 amide bonds. The monoisotopic (exact) mass is 1950 g/mol. The van der Waals surface area contributed by atoms with E-state index in [0.717, 1.165) is 11.9 Å². The van der Waals surface area contributed by atoms with Crippen molar-refractivity contribution in [3.63, 3.8) is 0 Å². The van der Waals surface area contributed by atoms with E-state index in [1.54, 1.807) is 27.7 Å². The summed E-state index contributed by atoms with van der Waals surface area (Å²) in [6.45, 7) is 14.9. The molecule has 0 radical (unpaired) electrons. The summed E-state index contributed by atoms with van der Waals surface area (Å²) in [7, 11) is 0. The molecule has 0 aromatic carbocycles. The van der Waals surface area contributed by atoms with Crippen molar-refractivity contribution in [2.75, 3.05) is 39.6 Å². The van der Waals surface area contributed by atoms with E-state index in [1.165, 1.54) is 13.8 Å². The number of aliphatic hydroxyl groups excluding tert-OH is 21. The van der Waals surface area contributed by atoms with E-state index in [9.17, 15) is 137 Å². The van der Waals surface area contributed by atoms with E-state index < -0.39 is 366 Å². The van der Waals surface area contributed by atoms with Crippen LogP contribution in [0.25, 0.3) is 0 Å². The van der Waals surface area contributed by atoms with Crippen LogP contribution in [-0.2, 0) is 109 Å². The van der Waals surface area contributed by atoms with Crippen molar-refractivity contribution in [2.45, 2.75) is 417 Å². The molecule has 774 valence electrons. The van der Waals surface area contributed by atoms with E-state index >= 15 is 4.79 Å². The topological polar surface area (TPSA) is 717 Å². The van der Waals surface area contributed by atoms with Gasteiger partial charge in [-0.3, -0.25) is 14.4 Å². The highest BCUT2D eigenvalue weighted by atomic mass is 16.8. The molecular formula is C89H142O46. The number of rotatable bonds is 32. The summed E-state index contributed by atoms with van der Waals surface area (Å²) in [5, 5.41) is 258. The Hall–Kier alpha value is -4.19. The maximum atomic E-state index is 16.5. The molecule has 46 nitrogen and oxygen atoms in total. The van der Waals surface area contributed by atoms with Crippen molar-refractivity contribution in [1.82, 2.24) is 0 Å². The van der Waals surface area contributed by atoms with E-state index in [2.05, 4.69) is 19.9 Å². The van der Waals surface area contributed by atoms with Crippen LogP contribution in [0.1, 0.15) is 166 Å². The van der Waals surface area contributed by atoms with Crippen LogP contribution in [-0.4, -0.2) is 439 Å². The van der Waals surface area contributed by atoms with Crippen LogP contribution in [0.15, 0.2) is 11.6 Å². The number of aldehydes is 1. The summed E-state index contributed by atoms with van der Waals surface area (Å²) in [6.07, 6.45) is -71.3. The van der Waals surface area contributed by atoms with Gasteiger partial charge < -0.3 is 208 Å². The Labute approximate surface area is 778 Å². The second-order valence-electron chi connectivity index (χ2n) is 41.3. The Morgan fingerprint density at radius 2 is 1.06 bits per heavy atom. The number of allylic oxidation sites excluding steroid dienone is 2. The standard InChI is InChI=1S/C89H142O46/c1-12-34(3)43(123-50(99)23-37(94)13-2)22-38(95)24-51(100)127-64-35(4)122-79(70(60(64)109)133-78-63(112)68(131-76-58(107)55(104)53(102)44(27-90)124-76)65(36(5)121-78)128-75-62(111)66(42(97)30-119-75)129-81-72(113)88(117,32-93)33-120-81)135-82(116)89-21-20-83(6,7)25-40(89)39-14-15-47-84(8)18-17-49(85(9,31-92)46(84)16-19-86(47,10)87(39,11)26-48(89)98)126-80-71(134-77-59(108)56(105)54(103)45(28-91)125-77)67(61(110)69(132-80)73(114)115)130-74-57(106)52(101)41(96)29-118-74/h14,31,34-38,40-49,52-72,74-81,90-91,93-98,101-113,117H,12-13,15-30,32-33H2,1-11H3,(H,114,115)/t34-,35?,36?,37-,38-,40?,41?,42?,43-,44?,45?,46?,47?,48+,49-,52?,53?,54?,55?,56?,57?,58?,59?,60?,61?,62?,63?,64?,65?,66?,67?,68?,69?,70?,71?,72?,74?,75?,76?,77?,78?,79?,80?,81?,84-,85-,86+,87+,88?,89+/m0/s1. The maximum Gasteiger partial charge on any atom is 0.335 e. The number of carbonyl (C=O) groups excluding carboxylic acids is 4. The van der Waals surface area contributed by atoms with Crippen molar-refractivity contribution in [2.24, 2.45) is 56.2 Å². The lowest BCUT2D eigenvalue weighted by atomic mass is 9.33. The predicted octanol–water partition coefficient (Wildman–Crippen LogP) is -6.71. The second-order valence-corrected chi connectivity index (χ2v) is 41.3. The SMILES string of the molecule is CC[C@H](O)CC(=O)O[C@@H](C[C@H](O)CC(=O)OC1C(C)OC(OC(=O)[C@]23CCC(C)(C)CC2C2=CCC4[C@@]5(C)CC[C@H](OC6OC(C(=O)O)C(O)C(OC7OCC(O)C(O)C7O)C6OC6OC(CO)C(O)C(O)C6O)[C@@](C)(C=O)C5CC[C@@]4(C)[C@]2(C)C[C@H]3O)C(OC2OC(C)C(OC3OCC(O)C(OC4OCC(O)(CO)C4O)C3O)C(OC3OC(CO)C(O)C(O)C3O)C2O)C1O)[C@@H](C)CC. The third-order valence-corrected chi connectivity index (χ3v) is 32.3. The molecule has 0 spiro atoms. The number of aliphatic carboxylic acids is 1. The quantitative estimate of drug-likeness (QED) is 0.00979. The molecule has 0 bridgehead atoms. The largest absolute Gasteiger partial charge is 0.479 e. The lowest BCUT2D eigenvalue weighted by Gasteiger charge is -2.71. The lowest BCUT2D eigenvalue weighted by molar-refractivity contribution is -0.396. The Bertz CT molecular complexity index is 4020. The Kier molecular flexibility index (Phi) is 34.1. The minimum Gasteiger partial charge on any atom is -0.479 e. The number of hydrogen-bond donors (Lipinski definition) is 23. The van der Waals surface area contributed by atoms with Crippen molar-refractivity contribution in [1.29, 1.82) is 0 Å². The summed E-state index contributed by atoms with van der Waals surface area (Å²) in [4.78, 5) is 71.5. The van der Waals surface area contributed by atoms with Gasteiger partial charge in [-0.2, -0.15) is 0 Å². The van der Waals surface area contributed by atoms with Crippen molar-refractivity contribution < 1.29 is 227 Å². The van der Waals surface area contributed by atoms with Crippen molar-refractivity contribution in [3.05, 3.63) is 11.6 Å². The number of esters is 3. The van der Waals surface area contributed by atoms with Gasteiger partial charge in [0, 0.05) is 6.42 Å². The van der Waals surface area contributed by atoms with Gasteiger partial charge in [-0.25, -0.2) is 4.79 Å². The highest BCUT2D eigenvalue weighted by Gasteiger charge is 2.74. The zero-order valence-corrected chi connectivity index (χ0v) is 77.4. The Balaban J connectivity index is 0.803. The molecule has 13 rings (SSSR count). The number of fused-ring (bicyclic) bond motifs is 7. The molecule has 46 heteroatoms. The average molecular weight is 1950 g/mol. The Morgan fingerprint density at radius 3 is 1.66 bits per heavy atom. The molecule has 39 unspecified atom stereocenters. The summed E-state index contributed by atoms with van der Waals surface area (Å²) in [5.41, 5.74) is -7.97. The molecular weight excluding hydrogens is 1800 g/mol. The van der Waals surface area contributed by atoms with Gasteiger partial charge in [-0.1, -0.05) is 80.4 Å². The van der Waals surface area contributed by atoms with Gasteiger partial charge >= 0.3 is 23.9 Å². The van der Waals surface area contributed by atoms with Crippen LogP contribution >= 0.6 is 0 Å². The maximum absolute atomic E-state index is 16.5. The van der Waals surface area contributed by atoms with Gasteiger partial charge in [0.25, 0.3) is 0 Å². The smallest absolute Gasteiger partial charge is 0.335 e. The molecule has 8 heterocycles. The molecule has 0 aromatic rings. The number of ether oxygens (including phenoxy) is 18. The number of aliphatic hydroxyl groups is 22. The number of carbonyl (C=O) groups is 5. The van der Waals surface area contributed by atoms with Crippen molar-refractivity contribution >= 4 is 30.2 Å². The zero-order valence-electron chi connectivity index (χ0n) is 77.4. The molecule has 5 aliphatic carbocycles. The van der Waals surface area contributed by atoms with Crippen LogP contribution in [0, 0.1) is 56.2 Å². The van der Waals surface area contributed by atoms with Gasteiger partial charge in [-0.15, -0.1) is 0 Å². The average Bonchev–Trinajstić information content (AvgIpc) is 1.05. The minimum absolute atomic E-state index is 0.0233. The molecule has 13 aliphatic rings. The molecule has 50 atom stereocenters. The first-order valence-electron chi connectivity index (χ1n) is 46.9. The molecule has 8 aliphatic heterocycles. The van der Waals surface area contributed by atoms with E-state index in [4.69, 9.17) is 85.3 Å². The van der Waals surface area contributed by atoms with Crippen LogP contribution < -0.4 is 0 Å². The lowest BCUT2D eigenvalue weighted by Crippen LogP contribution is -2.69. The molecule has 12 fully saturated rings. The third kappa shape index (κ3) is 20.6. The fraction of sp³-hybridized carbons (Fsp3) is 0.921. The van der Waals surface area contributed by atoms with Gasteiger partial charge in [0.1, 0.15) is 158 Å². The third-order valence-electron chi connectivity index (χ3n) is 32.3. The van der Waals surface area contributed by atoms with Gasteiger partial charge in [0.05, 0.1) is 94.5 Å². The molecule has 4 saturated carbocycles. The first kappa shape index (κ1) is 108. The van der Waals surface area contributed by atoms with Gasteiger partial charge in [-0.05, 0) is 123 Å². The first-order chi connectivity index (χ1) is 63.4. The number of carboxylic acid groups (broad SMARTS) is 1. The summed E-state index contributed by atoms with van der Waals surface area (Å²) < 4.78 is 110. The fourth-order valence-corrected chi connectivity index (χ4v) is 23.6. The number of carboxylic acids is 1. The summed E-state index contributed by atoms with van der Waals surface area (Å²) >= 11 is 0. The van der Waals surface area contributed by atoms with Crippen LogP contribution in [0.2, 0.25) is 0 Å². The Morgan fingerprint density at radius 1 is 0.511 bits per heavy atom. The van der Waals surface area contributed by atoms with E-state index in [1.807, 2.05) is 20.8 Å². The van der Waals surface area contributed by atoms with Crippen LogP contribution in [0.5, 0.6) is 0 Å². The second kappa shape index (κ2) is 42.6. The van der Waals surface area contributed by atoms with E-state index in [0.29, 0.717) is 32.1 Å².